The number of nitrogens with one attached hydrogen (secondary N) is 1. The molecule has 2 aromatic rings. The summed E-state index contributed by atoms with van der Waals surface area (Å²) in [6.07, 6.45) is 1.69. The van der Waals surface area contributed by atoms with E-state index in [1.54, 1.807) is 17.5 Å². The van der Waals surface area contributed by atoms with Crippen molar-refractivity contribution in [2.75, 3.05) is 11.9 Å². The quantitative estimate of drug-likeness (QED) is 0.892. The van der Waals surface area contributed by atoms with E-state index >= 15 is 0 Å². The summed E-state index contributed by atoms with van der Waals surface area (Å²) in [5.41, 5.74) is 0.642. The zero-order valence-electron chi connectivity index (χ0n) is 11.8. The minimum Gasteiger partial charge on any atom is -0.382 e. The lowest BCUT2D eigenvalue weighted by atomic mass is 9.91. The van der Waals surface area contributed by atoms with E-state index < -0.39 is 0 Å². The van der Waals surface area contributed by atoms with E-state index in [-0.39, 0.29) is 11.0 Å². The van der Waals surface area contributed by atoms with Gasteiger partial charge in [0, 0.05) is 23.4 Å². The van der Waals surface area contributed by atoms with Crippen LogP contribution in [-0.4, -0.2) is 16.3 Å². The van der Waals surface area contributed by atoms with Gasteiger partial charge in [-0.05, 0) is 34.3 Å². The van der Waals surface area contributed by atoms with Crippen molar-refractivity contribution in [2.24, 2.45) is 0 Å². The Labute approximate surface area is 131 Å². The topological polar surface area (TPSA) is 46.9 Å². The van der Waals surface area contributed by atoms with Gasteiger partial charge in [-0.25, -0.2) is 4.68 Å². The lowest BCUT2D eigenvalue weighted by Crippen LogP contribution is -2.29. The molecule has 0 bridgehead atoms. The predicted octanol–water partition coefficient (Wildman–Crippen LogP) is 3.48. The molecule has 4 nitrogen and oxygen atoms in total. The first kappa shape index (κ1) is 15.3. The number of thiophene rings is 1. The van der Waals surface area contributed by atoms with Gasteiger partial charge in [-0.3, -0.25) is 4.79 Å². The van der Waals surface area contributed by atoms with E-state index in [2.05, 4.69) is 57.7 Å². The molecule has 0 aliphatic heterocycles. The van der Waals surface area contributed by atoms with Crippen molar-refractivity contribution in [1.82, 2.24) is 9.78 Å². The van der Waals surface area contributed by atoms with E-state index in [0.717, 1.165) is 12.2 Å². The Morgan fingerprint density at radius 3 is 2.85 bits per heavy atom. The van der Waals surface area contributed by atoms with Gasteiger partial charge < -0.3 is 5.32 Å². The molecule has 0 saturated heterocycles. The molecular weight excluding hydrogens is 338 g/mol. The third-order valence-electron chi connectivity index (χ3n) is 3.19. The lowest BCUT2D eigenvalue weighted by molar-refractivity contribution is 0.567. The average Bonchev–Trinajstić information content (AvgIpc) is 2.95. The molecule has 6 heteroatoms. The molecule has 2 rings (SSSR count). The van der Waals surface area contributed by atoms with Gasteiger partial charge in [-0.15, -0.1) is 11.3 Å². The molecule has 0 amide bonds. The van der Waals surface area contributed by atoms with E-state index in [0.29, 0.717) is 11.0 Å². The molecule has 0 saturated carbocycles. The zero-order valence-corrected chi connectivity index (χ0v) is 14.2. The Morgan fingerprint density at radius 2 is 2.25 bits per heavy atom. The molecule has 0 unspecified atom stereocenters. The summed E-state index contributed by atoms with van der Waals surface area (Å²) in [5.74, 6) is 0. The molecule has 20 heavy (non-hydrogen) atoms. The molecule has 1 N–H and O–H groups in total. The Kier molecular flexibility index (Phi) is 4.65. The van der Waals surface area contributed by atoms with E-state index in [4.69, 9.17) is 0 Å². The van der Waals surface area contributed by atoms with Crippen LogP contribution in [0.2, 0.25) is 0 Å². The second-order valence-corrected chi connectivity index (χ2v) is 6.95. The molecule has 0 aliphatic carbocycles. The number of hydrogen-bond donors (Lipinski definition) is 1. The summed E-state index contributed by atoms with van der Waals surface area (Å²) in [6, 6.07) is 4.19. The molecule has 0 spiro atoms. The molecule has 0 atom stereocenters. The first-order valence-electron chi connectivity index (χ1n) is 6.49. The van der Waals surface area contributed by atoms with Gasteiger partial charge in [0.15, 0.2) is 0 Å². The summed E-state index contributed by atoms with van der Waals surface area (Å²) in [7, 11) is 0. The second-order valence-electron chi connectivity index (χ2n) is 5.21. The summed E-state index contributed by atoms with van der Waals surface area (Å²) in [6.45, 7) is 7.57. The van der Waals surface area contributed by atoms with Crippen LogP contribution in [0.3, 0.4) is 0 Å². The maximum atomic E-state index is 12.0. The third-order valence-corrected chi connectivity index (χ3v) is 5.20. The normalized spacial score (nSPS) is 11.6. The van der Waals surface area contributed by atoms with Crippen LogP contribution in [0.5, 0.6) is 0 Å². The standard InChI is InChI=1S/C14H18BrN3OS/c1-4-18-13(19)12(15)10(8-17-18)16-9-14(2,3)11-6-5-7-20-11/h5-8,16H,4,9H2,1-3H3. The number of halogens is 1. The minimum absolute atomic E-state index is 0.00717. The van der Waals surface area contributed by atoms with Gasteiger partial charge in [0.25, 0.3) is 5.56 Å². The van der Waals surface area contributed by atoms with Gasteiger partial charge in [-0.1, -0.05) is 19.9 Å². The summed E-state index contributed by atoms with van der Waals surface area (Å²) in [5, 5.41) is 9.53. The maximum absolute atomic E-state index is 12.0. The third kappa shape index (κ3) is 3.12. The molecule has 108 valence electrons. The first-order chi connectivity index (χ1) is 9.45. The van der Waals surface area contributed by atoms with Crippen molar-refractivity contribution >= 4 is 33.0 Å². The van der Waals surface area contributed by atoms with Gasteiger partial charge >= 0.3 is 0 Å². The second kappa shape index (κ2) is 6.10. The van der Waals surface area contributed by atoms with Crippen molar-refractivity contribution in [3.8, 4) is 0 Å². The molecule has 2 aromatic heterocycles. The predicted molar refractivity (Wildman–Crippen MR) is 87.7 cm³/mol. The van der Waals surface area contributed by atoms with Crippen LogP contribution in [0, 0.1) is 0 Å². The molecule has 0 aliphatic rings. The smallest absolute Gasteiger partial charge is 0.283 e. The summed E-state index contributed by atoms with van der Waals surface area (Å²) >= 11 is 5.10. The number of nitrogens with zero attached hydrogens (tertiary/aromatic N) is 2. The van der Waals surface area contributed by atoms with Crippen LogP contribution >= 0.6 is 27.3 Å². The van der Waals surface area contributed by atoms with Gasteiger partial charge in [-0.2, -0.15) is 5.10 Å². The Morgan fingerprint density at radius 1 is 1.50 bits per heavy atom. The highest BCUT2D eigenvalue weighted by Crippen LogP contribution is 2.28. The molecule has 0 fully saturated rings. The largest absolute Gasteiger partial charge is 0.382 e. The molecular formula is C14H18BrN3OS. The molecule has 2 heterocycles. The van der Waals surface area contributed by atoms with Crippen LogP contribution in [0.1, 0.15) is 25.6 Å². The Bertz CT molecular complexity index is 634. The molecule has 0 aromatic carbocycles. The van der Waals surface area contributed by atoms with Crippen molar-refractivity contribution < 1.29 is 0 Å². The van der Waals surface area contributed by atoms with Crippen molar-refractivity contribution in [3.63, 3.8) is 0 Å². The monoisotopic (exact) mass is 355 g/mol. The average molecular weight is 356 g/mol. The highest BCUT2D eigenvalue weighted by atomic mass is 79.9. The van der Waals surface area contributed by atoms with Crippen LogP contribution in [0.4, 0.5) is 5.69 Å². The Balaban J connectivity index is 2.16. The van der Waals surface area contributed by atoms with E-state index in [9.17, 15) is 4.79 Å². The number of rotatable bonds is 5. The fourth-order valence-electron chi connectivity index (χ4n) is 1.88. The first-order valence-corrected chi connectivity index (χ1v) is 8.16. The van der Waals surface area contributed by atoms with E-state index in [1.165, 1.54) is 9.56 Å². The van der Waals surface area contributed by atoms with Crippen molar-refractivity contribution in [3.05, 3.63) is 43.4 Å². The van der Waals surface area contributed by atoms with Gasteiger partial charge in [0.2, 0.25) is 0 Å². The highest BCUT2D eigenvalue weighted by molar-refractivity contribution is 9.10. The summed E-state index contributed by atoms with van der Waals surface area (Å²) in [4.78, 5) is 13.3. The highest BCUT2D eigenvalue weighted by Gasteiger charge is 2.22. The number of anilines is 1. The minimum atomic E-state index is -0.105. The Hall–Kier alpha value is -1.14. The SMILES string of the molecule is CCn1ncc(NCC(C)(C)c2cccs2)c(Br)c1=O. The summed E-state index contributed by atoms with van der Waals surface area (Å²) < 4.78 is 1.97. The fraction of sp³-hybridized carbons (Fsp3) is 0.429. The van der Waals surface area contributed by atoms with Crippen LogP contribution in [-0.2, 0) is 12.0 Å². The van der Waals surface area contributed by atoms with Crippen molar-refractivity contribution in [1.29, 1.82) is 0 Å². The lowest BCUT2D eigenvalue weighted by Gasteiger charge is -2.24. The number of aryl methyl sites for hydroxylation is 1. The number of hydrogen-bond acceptors (Lipinski definition) is 4. The van der Waals surface area contributed by atoms with Crippen molar-refractivity contribution in [2.45, 2.75) is 32.7 Å². The van der Waals surface area contributed by atoms with Crippen LogP contribution in [0.15, 0.2) is 33.0 Å². The van der Waals surface area contributed by atoms with Crippen LogP contribution in [0.25, 0.3) is 0 Å². The molecule has 0 radical (unpaired) electrons. The maximum Gasteiger partial charge on any atom is 0.283 e. The van der Waals surface area contributed by atoms with Gasteiger partial charge in [0.05, 0.1) is 11.9 Å². The van der Waals surface area contributed by atoms with Crippen LogP contribution < -0.4 is 10.9 Å². The van der Waals surface area contributed by atoms with Gasteiger partial charge in [0.1, 0.15) is 4.47 Å². The van der Waals surface area contributed by atoms with E-state index in [1.807, 2.05) is 6.92 Å². The number of aromatic nitrogens is 2. The zero-order chi connectivity index (χ0) is 14.8. The fourth-order valence-corrected chi connectivity index (χ4v) is 3.18.